The maximum Gasteiger partial charge on any atom is 0.146 e. The van der Waals surface area contributed by atoms with E-state index in [0.29, 0.717) is 5.92 Å². The number of aldehydes is 2. The van der Waals surface area contributed by atoms with Gasteiger partial charge in [0.2, 0.25) is 0 Å². The molecule has 64 valence electrons. The lowest BCUT2D eigenvalue weighted by molar-refractivity contribution is -0.117. The zero-order chi connectivity index (χ0) is 8.60. The predicted molar refractivity (Wildman–Crippen MR) is 44.6 cm³/mol. The highest BCUT2D eigenvalue weighted by molar-refractivity contribution is 5.86. The summed E-state index contributed by atoms with van der Waals surface area (Å²) in [6.45, 7) is 0. The van der Waals surface area contributed by atoms with Crippen LogP contribution >= 0.6 is 0 Å². The molecule has 12 heavy (non-hydrogen) atoms. The van der Waals surface area contributed by atoms with Crippen LogP contribution in [-0.2, 0) is 9.59 Å². The zero-order valence-corrected chi connectivity index (χ0v) is 6.95. The summed E-state index contributed by atoms with van der Waals surface area (Å²) in [7, 11) is 0. The van der Waals surface area contributed by atoms with E-state index in [1.807, 2.05) is 6.08 Å². The third-order valence-corrected chi connectivity index (χ3v) is 3.37. The van der Waals surface area contributed by atoms with Gasteiger partial charge in [0, 0.05) is 5.57 Å². The molecule has 1 fully saturated rings. The molecule has 0 radical (unpaired) electrons. The minimum Gasteiger partial charge on any atom is -0.302 e. The van der Waals surface area contributed by atoms with Crippen LogP contribution < -0.4 is 0 Å². The van der Waals surface area contributed by atoms with Crippen LogP contribution in [0.2, 0.25) is 0 Å². The molecule has 0 amide bonds. The van der Waals surface area contributed by atoms with E-state index in [4.69, 9.17) is 0 Å². The monoisotopic (exact) mass is 164 g/mol. The SMILES string of the molecule is O=CC1=CCC2CCCC12C=O. The largest absolute Gasteiger partial charge is 0.302 e. The Hall–Kier alpha value is -0.920. The van der Waals surface area contributed by atoms with Gasteiger partial charge in [-0.25, -0.2) is 0 Å². The van der Waals surface area contributed by atoms with Gasteiger partial charge >= 0.3 is 0 Å². The molecule has 0 heterocycles. The molecule has 0 saturated heterocycles. The highest BCUT2D eigenvalue weighted by Crippen LogP contribution is 2.52. The topological polar surface area (TPSA) is 34.1 Å². The fraction of sp³-hybridized carbons (Fsp3) is 0.600. The van der Waals surface area contributed by atoms with Gasteiger partial charge in [0.15, 0.2) is 0 Å². The molecule has 2 heteroatoms. The van der Waals surface area contributed by atoms with Crippen molar-refractivity contribution < 1.29 is 9.59 Å². The lowest BCUT2D eigenvalue weighted by atomic mass is 9.78. The molecule has 2 atom stereocenters. The standard InChI is InChI=1S/C10H12O2/c11-6-9-4-3-8-2-1-5-10(8,9)7-12/h4,6-8H,1-3,5H2. The van der Waals surface area contributed by atoms with Crippen molar-refractivity contribution in [3.05, 3.63) is 11.6 Å². The van der Waals surface area contributed by atoms with Gasteiger partial charge in [0.05, 0.1) is 5.41 Å². The zero-order valence-electron chi connectivity index (χ0n) is 6.95. The Morgan fingerprint density at radius 1 is 1.50 bits per heavy atom. The van der Waals surface area contributed by atoms with E-state index in [9.17, 15) is 9.59 Å². The number of hydrogen-bond donors (Lipinski definition) is 0. The van der Waals surface area contributed by atoms with Gasteiger partial charge in [-0.3, -0.25) is 4.79 Å². The normalized spacial score (nSPS) is 39.0. The van der Waals surface area contributed by atoms with Gasteiger partial charge in [-0.15, -0.1) is 0 Å². The Morgan fingerprint density at radius 3 is 3.00 bits per heavy atom. The molecule has 2 aliphatic carbocycles. The molecule has 0 aliphatic heterocycles. The molecule has 0 aromatic rings. The summed E-state index contributed by atoms with van der Waals surface area (Å²) >= 11 is 0. The number of hydrogen-bond acceptors (Lipinski definition) is 2. The third-order valence-electron chi connectivity index (χ3n) is 3.37. The number of fused-ring (bicyclic) bond motifs is 1. The van der Waals surface area contributed by atoms with Crippen LogP contribution in [-0.4, -0.2) is 12.6 Å². The summed E-state index contributed by atoms with van der Waals surface area (Å²) < 4.78 is 0. The average molecular weight is 164 g/mol. The average Bonchev–Trinajstić information content (AvgIpc) is 2.60. The van der Waals surface area contributed by atoms with E-state index in [2.05, 4.69) is 0 Å². The summed E-state index contributed by atoms with van der Waals surface area (Å²) in [5.41, 5.74) is 0.363. The Morgan fingerprint density at radius 2 is 2.33 bits per heavy atom. The van der Waals surface area contributed by atoms with E-state index in [1.54, 1.807) is 0 Å². The van der Waals surface area contributed by atoms with Gasteiger partial charge in [0.25, 0.3) is 0 Å². The number of rotatable bonds is 2. The van der Waals surface area contributed by atoms with Gasteiger partial charge in [0.1, 0.15) is 12.6 Å². The van der Waals surface area contributed by atoms with Gasteiger partial charge < -0.3 is 4.79 Å². The fourth-order valence-electron chi connectivity index (χ4n) is 2.65. The molecular weight excluding hydrogens is 152 g/mol. The van der Waals surface area contributed by atoms with Crippen LogP contribution in [0.15, 0.2) is 11.6 Å². The molecule has 0 spiro atoms. The summed E-state index contributed by atoms with van der Waals surface area (Å²) in [4.78, 5) is 21.7. The van der Waals surface area contributed by atoms with E-state index in [0.717, 1.165) is 43.8 Å². The number of carbonyl (C=O) groups excluding carboxylic acids is 2. The fourth-order valence-corrected chi connectivity index (χ4v) is 2.65. The van der Waals surface area contributed by atoms with Gasteiger partial charge in [-0.05, 0) is 25.2 Å². The summed E-state index contributed by atoms with van der Waals surface area (Å²) in [5.74, 6) is 0.426. The summed E-state index contributed by atoms with van der Waals surface area (Å²) in [6.07, 6.45) is 7.79. The van der Waals surface area contributed by atoms with Crippen LogP contribution in [0.3, 0.4) is 0 Å². The van der Waals surface area contributed by atoms with E-state index in [-0.39, 0.29) is 5.41 Å². The first kappa shape index (κ1) is 7.71. The van der Waals surface area contributed by atoms with Crippen LogP contribution in [0.25, 0.3) is 0 Å². The Labute approximate surface area is 71.6 Å². The van der Waals surface area contributed by atoms with Crippen molar-refractivity contribution in [1.82, 2.24) is 0 Å². The first-order valence-corrected chi connectivity index (χ1v) is 4.45. The first-order chi connectivity index (χ1) is 5.83. The van der Waals surface area contributed by atoms with Crippen molar-refractivity contribution in [2.24, 2.45) is 11.3 Å². The molecule has 1 saturated carbocycles. The maximum absolute atomic E-state index is 11.0. The molecule has 0 aromatic heterocycles. The Balaban J connectivity index is 2.39. The first-order valence-electron chi connectivity index (χ1n) is 4.45. The van der Waals surface area contributed by atoms with Crippen molar-refractivity contribution in [2.75, 3.05) is 0 Å². The van der Waals surface area contributed by atoms with Crippen LogP contribution in [0.1, 0.15) is 25.7 Å². The second-order valence-corrected chi connectivity index (χ2v) is 3.76. The molecule has 2 unspecified atom stereocenters. The lowest BCUT2D eigenvalue weighted by Crippen LogP contribution is -2.25. The second-order valence-electron chi connectivity index (χ2n) is 3.76. The molecule has 0 N–H and O–H groups in total. The van der Waals surface area contributed by atoms with Crippen LogP contribution in [0.5, 0.6) is 0 Å². The van der Waals surface area contributed by atoms with Crippen molar-refractivity contribution in [1.29, 1.82) is 0 Å². The van der Waals surface area contributed by atoms with E-state index < -0.39 is 0 Å². The van der Waals surface area contributed by atoms with Crippen LogP contribution in [0.4, 0.5) is 0 Å². The third kappa shape index (κ3) is 0.752. The second kappa shape index (κ2) is 2.54. The molecule has 0 aromatic carbocycles. The van der Waals surface area contributed by atoms with Gasteiger partial charge in [-0.1, -0.05) is 12.5 Å². The summed E-state index contributed by atoms with van der Waals surface area (Å²) in [5, 5.41) is 0. The van der Waals surface area contributed by atoms with Crippen molar-refractivity contribution >= 4 is 12.6 Å². The molecule has 2 nitrogen and oxygen atoms in total. The Bertz CT molecular complexity index is 255. The molecule has 2 aliphatic rings. The number of allylic oxidation sites excluding steroid dienone is 2. The summed E-state index contributed by atoms with van der Waals surface area (Å²) in [6, 6.07) is 0. The smallest absolute Gasteiger partial charge is 0.146 e. The highest BCUT2D eigenvalue weighted by Gasteiger charge is 2.48. The molecular formula is C10H12O2. The maximum atomic E-state index is 11.0. The minimum absolute atomic E-state index is 0.373. The van der Waals surface area contributed by atoms with Crippen molar-refractivity contribution in [2.45, 2.75) is 25.7 Å². The quantitative estimate of drug-likeness (QED) is 0.579. The van der Waals surface area contributed by atoms with Crippen LogP contribution in [0, 0.1) is 11.3 Å². The van der Waals surface area contributed by atoms with E-state index in [1.165, 1.54) is 0 Å². The van der Waals surface area contributed by atoms with Crippen molar-refractivity contribution in [3.63, 3.8) is 0 Å². The highest BCUT2D eigenvalue weighted by atomic mass is 16.1. The minimum atomic E-state index is -0.373. The molecule has 2 rings (SSSR count). The molecule has 0 bridgehead atoms. The lowest BCUT2D eigenvalue weighted by Gasteiger charge is -2.23. The Kier molecular flexibility index (Phi) is 1.63. The van der Waals surface area contributed by atoms with Crippen molar-refractivity contribution in [3.8, 4) is 0 Å². The number of carbonyl (C=O) groups is 2. The predicted octanol–water partition coefficient (Wildman–Crippen LogP) is 1.50. The van der Waals surface area contributed by atoms with E-state index >= 15 is 0 Å². The van der Waals surface area contributed by atoms with Gasteiger partial charge in [-0.2, -0.15) is 0 Å².